The highest BCUT2D eigenvalue weighted by Gasteiger charge is 2.29. The minimum atomic E-state index is -0.677. The van der Waals surface area contributed by atoms with Crippen LogP contribution < -0.4 is 0 Å². The van der Waals surface area contributed by atoms with Crippen LogP contribution in [0.15, 0.2) is 6.07 Å². The number of carbonyl (C=O) groups is 3. The third kappa shape index (κ3) is 3.14. The topological polar surface area (TPSA) is 72.9 Å². The van der Waals surface area contributed by atoms with Gasteiger partial charge in [-0.25, -0.2) is 14.5 Å². The molecule has 3 rings (SSSR count). The molecule has 1 aliphatic carbocycles. The maximum absolute atomic E-state index is 12.1. The number of fused-ring (bicyclic) bond motifs is 1. The highest BCUT2D eigenvalue weighted by atomic mass is 32.1. The molecule has 118 valence electrons. The Labute approximate surface area is 132 Å². The van der Waals surface area contributed by atoms with Crippen molar-refractivity contribution in [2.45, 2.75) is 32.1 Å². The SMILES string of the molecule is O=C(OCC(=O)N1CCOC1=O)c1cc2c(s1)CCCCC2. The summed E-state index contributed by atoms with van der Waals surface area (Å²) in [6.07, 6.45) is 4.85. The molecule has 1 aromatic heterocycles. The van der Waals surface area contributed by atoms with Crippen LogP contribution in [0.1, 0.15) is 39.4 Å². The molecule has 0 radical (unpaired) electrons. The summed E-state index contributed by atoms with van der Waals surface area (Å²) in [6, 6.07) is 1.88. The first-order valence-electron chi connectivity index (χ1n) is 7.41. The number of hydrogen-bond acceptors (Lipinski definition) is 6. The summed E-state index contributed by atoms with van der Waals surface area (Å²) >= 11 is 1.45. The van der Waals surface area contributed by atoms with Crippen molar-refractivity contribution in [3.05, 3.63) is 21.4 Å². The highest BCUT2D eigenvalue weighted by Crippen LogP contribution is 2.29. The Bertz CT molecular complexity index is 586. The van der Waals surface area contributed by atoms with Crippen LogP contribution in [0.3, 0.4) is 0 Å². The van der Waals surface area contributed by atoms with E-state index in [0.717, 1.165) is 30.6 Å². The largest absolute Gasteiger partial charge is 0.451 e. The molecule has 1 aliphatic heterocycles. The van der Waals surface area contributed by atoms with Gasteiger partial charge in [0.05, 0.1) is 6.54 Å². The summed E-state index contributed by atoms with van der Waals surface area (Å²) in [5.41, 5.74) is 1.23. The Kier molecular flexibility index (Phi) is 4.42. The molecule has 0 N–H and O–H groups in total. The van der Waals surface area contributed by atoms with Crippen LogP contribution in [0.4, 0.5) is 4.79 Å². The van der Waals surface area contributed by atoms with E-state index in [1.165, 1.54) is 28.2 Å². The van der Waals surface area contributed by atoms with E-state index in [9.17, 15) is 14.4 Å². The lowest BCUT2D eigenvalue weighted by Gasteiger charge is -2.10. The molecular weight excluding hydrogens is 306 g/mol. The molecule has 6 nitrogen and oxygen atoms in total. The van der Waals surface area contributed by atoms with E-state index >= 15 is 0 Å². The van der Waals surface area contributed by atoms with E-state index in [1.54, 1.807) is 0 Å². The normalized spacial score (nSPS) is 17.6. The summed E-state index contributed by atoms with van der Waals surface area (Å²) in [4.78, 5) is 37.8. The van der Waals surface area contributed by atoms with E-state index < -0.39 is 24.6 Å². The fourth-order valence-electron chi connectivity index (χ4n) is 2.66. The van der Waals surface area contributed by atoms with Crippen molar-refractivity contribution in [3.63, 3.8) is 0 Å². The molecule has 0 bridgehead atoms. The van der Waals surface area contributed by atoms with Crippen LogP contribution in [0, 0.1) is 0 Å². The molecule has 7 heteroatoms. The molecule has 2 heterocycles. The summed E-state index contributed by atoms with van der Waals surface area (Å²) in [7, 11) is 0. The van der Waals surface area contributed by atoms with Crippen molar-refractivity contribution in [2.24, 2.45) is 0 Å². The molecule has 0 unspecified atom stereocenters. The Balaban J connectivity index is 1.58. The van der Waals surface area contributed by atoms with Gasteiger partial charge in [-0.3, -0.25) is 4.79 Å². The smallest absolute Gasteiger partial charge is 0.416 e. The monoisotopic (exact) mass is 323 g/mol. The second-order valence-electron chi connectivity index (χ2n) is 5.36. The molecule has 1 saturated heterocycles. The summed E-state index contributed by atoms with van der Waals surface area (Å²) in [5.74, 6) is -1.05. The Morgan fingerprint density at radius 1 is 1.27 bits per heavy atom. The van der Waals surface area contributed by atoms with E-state index in [0.29, 0.717) is 4.88 Å². The standard InChI is InChI=1S/C15H17NO5S/c17-13(16-6-7-20-15(16)19)9-21-14(18)12-8-10-4-2-1-3-5-11(10)22-12/h8H,1-7,9H2. The molecule has 2 aliphatic rings. The van der Waals surface area contributed by atoms with Gasteiger partial charge in [0, 0.05) is 4.88 Å². The lowest BCUT2D eigenvalue weighted by atomic mass is 10.1. The first-order chi connectivity index (χ1) is 10.6. The number of rotatable bonds is 3. The lowest BCUT2D eigenvalue weighted by Crippen LogP contribution is -2.35. The summed E-state index contributed by atoms with van der Waals surface area (Å²) in [6.45, 7) is -0.0326. The molecular formula is C15H17NO5S. The molecule has 1 fully saturated rings. The predicted octanol–water partition coefficient (Wildman–Crippen LogP) is 2.15. The maximum atomic E-state index is 12.1. The lowest BCUT2D eigenvalue weighted by molar-refractivity contribution is -0.131. The number of ether oxygens (including phenoxy) is 2. The molecule has 0 aromatic carbocycles. The van der Waals surface area contributed by atoms with Gasteiger partial charge in [0.15, 0.2) is 6.61 Å². The third-order valence-corrected chi connectivity index (χ3v) is 5.05. The first kappa shape index (κ1) is 15.0. The van der Waals surface area contributed by atoms with Crippen molar-refractivity contribution >= 4 is 29.3 Å². The zero-order valence-electron chi connectivity index (χ0n) is 12.1. The van der Waals surface area contributed by atoms with Crippen LogP contribution in [0.25, 0.3) is 0 Å². The summed E-state index contributed by atoms with van der Waals surface area (Å²) in [5, 5.41) is 0. The van der Waals surface area contributed by atoms with Gasteiger partial charge in [-0.2, -0.15) is 0 Å². The Morgan fingerprint density at radius 3 is 2.86 bits per heavy atom. The average Bonchev–Trinajstić information content (AvgIpc) is 3.05. The van der Waals surface area contributed by atoms with Gasteiger partial charge in [-0.05, 0) is 37.3 Å². The van der Waals surface area contributed by atoms with E-state index in [-0.39, 0.29) is 13.2 Å². The number of amides is 2. The number of aryl methyl sites for hydroxylation is 2. The number of cyclic esters (lactones) is 1. The minimum absolute atomic E-state index is 0.191. The van der Waals surface area contributed by atoms with E-state index in [2.05, 4.69) is 4.74 Å². The van der Waals surface area contributed by atoms with Gasteiger partial charge >= 0.3 is 12.1 Å². The fourth-order valence-corrected chi connectivity index (χ4v) is 3.81. The minimum Gasteiger partial charge on any atom is -0.451 e. The zero-order chi connectivity index (χ0) is 15.5. The van der Waals surface area contributed by atoms with Crippen molar-refractivity contribution in [3.8, 4) is 0 Å². The number of nitrogens with zero attached hydrogens (tertiary/aromatic N) is 1. The number of hydrogen-bond donors (Lipinski definition) is 0. The number of carbonyl (C=O) groups excluding carboxylic acids is 3. The van der Waals surface area contributed by atoms with Crippen molar-refractivity contribution < 1.29 is 23.9 Å². The van der Waals surface area contributed by atoms with Crippen molar-refractivity contribution in [1.29, 1.82) is 0 Å². The maximum Gasteiger partial charge on any atom is 0.416 e. The Morgan fingerprint density at radius 2 is 2.09 bits per heavy atom. The average molecular weight is 323 g/mol. The van der Waals surface area contributed by atoms with E-state index in [4.69, 9.17) is 4.74 Å². The van der Waals surface area contributed by atoms with Crippen LogP contribution in [-0.2, 0) is 27.1 Å². The molecule has 22 heavy (non-hydrogen) atoms. The van der Waals surface area contributed by atoms with Crippen LogP contribution in [0.2, 0.25) is 0 Å². The second kappa shape index (κ2) is 6.48. The number of esters is 1. The Hall–Kier alpha value is -1.89. The summed E-state index contributed by atoms with van der Waals surface area (Å²) < 4.78 is 9.70. The van der Waals surface area contributed by atoms with Gasteiger partial charge in [0.25, 0.3) is 5.91 Å². The molecule has 2 amide bonds. The quantitative estimate of drug-likeness (QED) is 0.629. The fraction of sp³-hybridized carbons (Fsp3) is 0.533. The van der Waals surface area contributed by atoms with Crippen LogP contribution in [-0.4, -0.2) is 42.6 Å². The van der Waals surface area contributed by atoms with Gasteiger partial charge in [-0.1, -0.05) is 6.42 Å². The van der Waals surface area contributed by atoms with Gasteiger partial charge in [0.1, 0.15) is 11.5 Å². The predicted molar refractivity (Wildman–Crippen MR) is 78.9 cm³/mol. The molecule has 0 saturated carbocycles. The van der Waals surface area contributed by atoms with Gasteiger partial charge in [-0.15, -0.1) is 11.3 Å². The zero-order valence-corrected chi connectivity index (χ0v) is 12.9. The highest BCUT2D eigenvalue weighted by molar-refractivity contribution is 7.14. The number of thiophene rings is 1. The van der Waals surface area contributed by atoms with Gasteiger partial charge < -0.3 is 9.47 Å². The van der Waals surface area contributed by atoms with E-state index in [1.807, 2.05) is 6.07 Å². The third-order valence-electron chi connectivity index (χ3n) is 3.84. The number of imide groups is 1. The van der Waals surface area contributed by atoms with Crippen molar-refractivity contribution in [1.82, 2.24) is 4.90 Å². The van der Waals surface area contributed by atoms with Crippen molar-refractivity contribution in [2.75, 3.05) is 19.8 Å². The molecule has 1 aromatic rings. The van der Waals surface area contributed by atoms with Crippen LogP contribution >= 0.6 is 11.3 Å². The second-order valence-corrected chi connectivity index (χ2v) is 6.49. The first-order valence-corrected chi connectivity index (χ1v) is 8.22. The van der Waals surface area contributed by atoms with Gasteiger partial charge in [0.2, 0.25) is 0 Å². The molecule has 0 atom stereocenters. The molecule has 0 spiro atoms. The van der Waals surface area contributed by atoms with Crippen LogP contribution in [0.5, 0.6) is 0 Å².